The van der Waals surface area contributed by atoms with E-state index in [1.165, 1.54) is 12.8 Å². The van der Waals surface area contributed by atoms with Gasteiger partial charge in [-0.2, -0.15) is 0 Å². The molecule has 1 aromatic heterocycles. The Morgan fingerprint density at radius 3 is 3.00 bits per heavy atom. The third-order valence-corrected chi connectivity index (χ3v) is 3.81. The molecule has 1 aliphatic heterocycles. The summed E-state index contributed by atoms with van der Waals surface area (Å²) >= 11 is 9.28. The summed E-state index contributed by atoms with van der Waals surface area (Å²) in [6.07, 6.45) is 5.32. The van der Waals surface area contributed by atoms with Crippen LogP contribution in [0.1, 0.15) is 19.3 Å². The molecule has 1 fully saturated rings. The molecule has 2 rings (SSSR count). The predicted octanol–water partition coefficient (Wildman–Crippen LogP) is 2.77. The number of piperidine rings is 1. The molecule has 1 aliphatic rings. The van der Waals surface area contributed by atoms with Gasteiger partial charge in [0.2, 0.25) is 0 Å². The molecule has 0 aromatic carbocycles. The van der Waals surface area contributed by atoms with Crippen LogP contribution in [0.4, 0.5) is 5.69 Å². The minimum atomic E-state index is 0.0952. The maximum Gasteiger partial charge on any atom is 0.124 e. The highest BCUT2D eigenvalue weighted by Crippen LogP contribution is 2.27. The van der Waals surface area contributed by atoms with E-state index in [0.717, 1.165) is 18.7 Å². The van der Waals surface area contributed by atoms with Crippen LogP contribution in [0.2, 0.25) is 5.02 Å². The Labute approximate surface area is 103 Å². The van der Waals surface area contributed by atoms with E-state index in [2.05, 4.69) is 25.8 Å². The molecule has 0 bridgehead atoms. The molecule has 3 nitrogen and oxygen atoms in total. The van der Waals surface area contributed by atoms with Crippen LogP contribution >= 0.6 is 27.5 Å². The van der Waals surface area contributed by atoms with Crippen molar-refractivity contribution >= 4 is 33.2 Å². The summed E-state index contributed by atoms with van der Waals surface area (Å²) in [5, 5.41) is 0.630. The summed E-state index contributed by atoms with van der Waals surface area (Å²) in [5.74, 6) is 0. The van der Waals surface area contributed by atoms with Crippen LogP contribution in [-0.4, -0.2) is 17.7 Å². The van der Waals surface area contributed by atoms with E-state index < -0.39 is 0 Å². The maximum absolute atomic E-state index is 6.04. The highest BCUT2D eigenvalue weighted by molar-refractivity contribution is 9.10. The molecule has 0 spiro atoms. The Hall–Kier alpha value is -0.320. The van der Waals surface area contributed by atoms with Crippen molar-refractivity contribution in [3.05, 3.63) is 21.9 Å². The molecule has 2 N–H and O–H groups in total. The molecule has 82 valence electrons. The highest BCUT2D eigenvalue weighted by Gasteiger charge is 2.19. The van der Waals surface area contributed by atoms with Crippen molar-refractivity contribution in [1.82, 2.24) is 4.98 Å². The van der Waals surface area contributed by atoms with Crippen LogP contribution in [0.3, 0.4) is 0 Å². The first-order valence-electron chi connectivity index (χ1n) is 5.02. The molecule has 0 amide bonds. The molecule has 1 saturated heterocycles. The Kier molecular flexibility index (Phi) is 3.49. The van der Waals surface area contributed by atoms with Crippen molar-refractivity contribution in [3.8, 4) is 0 Å². The molecule has 0 radical (unpaired) electrons. The summed E-state index contributed by atoms with van der Waals surface area (Å²) in [7, 11) is 0. The lowest BCUT2D eigenvalue weighted by atomic mass is 10.1. The van der Waals surface area contributed by atoms with Crippen LogP contribution in [0.5, 0.6) is 0 Å². The Morgan fingerprint density at radius 1 is 1.53 bits per heavy atom. The first kappa shape index (κ1) is 11.2. The molecule has 5 heteroatoms. The maximum atomic E-state index is 6.04. The average molecular weight is 291 g/mol. The Morgan fingerprint density at radius 2 is 2.33 bits per heavy atom. The normalized spacial score (nSPS) is 21.8. The number of nitrogens with two attached hydrogens (primary N) is 1. The molecule has 1 atom stereocenters. The van der Waals surface area contributed by atoms with Crippen LogP contribution in [-0.2, 0) is 0 Å². The van der Waals surface area contributed by atoms with E-state index >= 15 is 0 Å². The predicted molar refractivity (Wildman–Crippen MR) is 66.1 cm³/mol. The van der Waals surface area contributed by atoms with Crippen molar-refractivity contribution in [1.29, 1.82) is 0 Å². The van der Waals surface area contributed by atoms with E-state index in [0.29, 0.717) is 9.63 Å². The van der Waals surface area contributed by atoms with Gasteiger partial charge < -0.3 is 10.6 Å². The number of hydrogen-bond donors (Lipinski definition) is 1. The molecule has 0 saturated carbocycles. The zero-order chi connectivity index (χ0) is 10.8. The second-order valence-electron chi connectivity index (χ2n) is 3.72. The number of hydrogen-bond acceptors (Lipinski definition) is 3. The van der Waals surface area contributed by atoms with Gasteiger partial charge in [0, 0.05) is 6.54 Å². The molecule has 1 unspecified atom stereocenters. The molecule has 1 aromatic rings. The zero-order valence-electron chi connectivity index (χ0n) is 8.29. The van der Waals surface area contributed by atoms with Gasteiger partial charge in [-0.15, -0.1) is 0 Å². The zero-order valence-corrected chi connectivity index (χ0v) is 10.6. The summed E-state index contributed by atoms with van der Waals surface area (Å²) in [4.78, 5) is 6.34. The standard InChI is InChI=1S/C10H13BrClN3/c11-10-8(12)5-7(6-14-10)15-4-2-1-3-9(15)13/h5-6,9H,1-4,13H2. The second kappa shape index (κ2) is 4.68. The number of nitrogens with zero attached hydrogens (tertiary/aromatic N) is 2. The lowest BCUT2D eigenvalue weighted by molar-refractivity contribution is 0.470. The molecular weight excluding hydrogens is 277 g/mol. The van der Waals surface area contributed by atoms with Crippen LogP contribution < -0.4 is 10.6 Å². The fourth-order valence-electron chi connectivity index (χ4n) is 1.85. The lowest BCUT2D eigenvalue weighted by Gasteiger charge is -2.34. The minimum absolute atomic E-state index is 0.0952. The van der Waals surface area contributed by atoms with Gasteiger partial charge in [-0.3, -0.25) is 0 Å². The first-order valence-corrected chi connectivity index (χ1v) is 6.19. The third-order valence-electron chi connectivity index (χ3n) is 2.66. The van der Waals surface area contributed by atoms with Crippen LogP contribution in [0, 0.1) is 0 Å². The smallest absolute Gasteiger partial charge is 0.124 e. The Bertz CT molecular complexity index is 359. The Balaban J connectivity index is 2.24. The van der Waals surface area contributed by atoms with Crippen LogP contribution in [0.25, 0.3) is 0 Å². The van der Waals surface area contributed by atoms with Gasteiger partial charge in [-0.05, 0) is 41.3 Å². The lowest BCUT2D eigenvalue weighted by Crippen LogP contribution is -2.45. The number of pyridine rings is 1. The first-order chi connectivity index (χ1) is 7.18. The minimum Gasteiger partial charge on any atom is -0.355 e. The number of anilines is 1. The fraction of sp³-hybridized carbons (Fsp3) is 0.500. The number of halogens is 2. The van der Waals surface area contributed by atoms with Gasteiger partial charge >= 0.3 is 0 Å². The summed E-state index contributed by atoms with van der Waals surface area (Å²) < 4.78 is 0.679. The second-order valence-corrected chi connectivity index (χ2v) is 4.88. The highest BCUT2D eigenvalue weighted by atomic mass is 79.9. The molecular formula is C10H13BrClN3. The van der Waals surface area contributed by atoms with Crippen molar-refractivity contribution < 1.29 is 0 Å². The quantitative estimate of drug-likeness (QED) is 0.809. The van der Waals surface area contributed by atoms with E-state index in [-0.39, 0.29) is 6.17 Å². The van der Waals surface area contributed by atoms with Crippen molar-refractivity contribution in [2.24, 2.45) is 5.73 Å². The monoisotopic (exact) mass is 289 g/mol. The van der Waals surface area contributed by atoms with Gasteiger partial charge in [0.15, 0.2) is 0 Å². The summed E-state index contributed by atoms with van der Waals surface area (Å²) in [5.41, 5.74) is 7.05. The number of aromatic nitrogens is 1. The van der Waals surface area contributed by atoms with Gasteiger partial charge in [0.25, 0.3) is 0 Å². The molecule has 2 heterocycles. The van der Waals surface area contributed by atoms with E-state index in [9.17, 15) is 0 Å². The van der Waals surface area contributed by atoms with Crippen molar-refractivity contribution in [2.75, 3.05) is 11.4 Å². The van der Waals surface area contributed by atoms with Crippen molar-refractivity contribution in [2.45, 2.75) is 25.4 Å². The molecule has 15 heavy (non-hydrogen) atoms. The van der Waals surface area contributed by atoms with Gasteiger partial charge in [0.1, 0.15) is 4.60 Å². The van der Waals surface area contributed by atoms with Gasteiger partial charge in [-0.25, -0.2) is 4.98 Å². The van der Waals surface area contributed by atoms with E-state index in [4.69, 9.17) is 17.3 Å². The molecule has 0 aliphatic carbocycles. The average Bonchev–Trinajstić information content (AvgIpc) is 2.23. The van der Waals surface area contributed by atoms with Gasteiger partial charge in [0.05, 0.1) is 23.1 Å². The third kappa shape index (κ3) is 2.44. The van der Waals surface area contributed by atoms with E-state index in [1.807, 2.05) is 6.07 Å². The summed E-state index contributed by atoms with van der Waals surface area (Å²) in [6, 6.07) is 1.91. The van der Waals surface area contributed by atoms with E-state index in [1.54, 1.807) is 6.20 Å². The fourth-order valence-corrected chi connectivity index (χ4v) is 2.22. The van der Waals surface area contributed by atoms with Crippen LogP contribution in [0.15, 0.2) is 16.9 Å². The SMILES string of the molecule is NC1CCCCN1c1cnc(Br)c(Cl)c1. The topological polar surface area (TPSA) is 42.1 Å². The van der Waals surface area contributed by atoms with Crippen molar-refractivity contribution in [3.63, 3.8) is 0 Å². The van der Waals surface area contributed by atoms with Gasteiger partial charge in [-0.1, -0.05) is 11.6 Å². The largest absolute Gasteiger partial charge is 0.355 e. The number of rotatable bonds is 1. The summed E-state index contributed by atoms with van der Waals surface area (Å²) in [6.45, 7) is 0.987.